The number of hydrogen-bond acceptors (Lipinski definition) is 6. The van der Waals surface area contributed by atoms with Crippen molar-refractivity contribution in [2.24, 2.45) is 0 Å². The highest BCUT2D eigenvalue weighted by atomic mass is 16.6. The summed E-state index contributed by atoms with van der Waals surface area (Å²) in [5.41, 5.74) is 1.72. The lowest BCUT2D eigenvalue weighted by molar-refractivity contribution is -0.150. The molecule has 3 amide bonds. The molecule has 9 nitrogen and oxygen atoms in total. The van der Waals surface area contributed by atoms with Gasteiger partial charge in [-0.3, -0.25) is 4.79 Å². The van der Waals surface area contributed by atoms with E-state index >= 15 is 0 Å². The molecule has 1 aliphatic carbocycles. The zero-order valence-electron chi connectivity index (χ0n) is 20.6. The van der Waals surface area contributed by atoms with Crippen LogP contribution in [0.2, 0.25) is 0 Å². The average Bonchev–Trinajstić information content (AvgIpc) is 3.22. The molecule has 3 heterocycles. The Balaban J connectivity index is 1.24. The molecule has 0 aromatic heterocycles. The van der Waals surface area contributed by atoms with Crippen molar-refractivity contribution in [3.8, 4) is 5.75 Å². The summed E-state index contributed by atoms with van der Waals surface area (Å²) in [6, 6.07) is 5.76. The van der Waals surface area contributed by atoms with Crippen LogP contribution in [0.3, 0.4) is 0 Å². The molecule has 5 rings (SSSR count). The van der Waals surface area contributed by atoms with E-state index in [2.05, 4.69) is 22.6 Å². The van der Waals surface area contributed by atoms with E-state index in [0.29, 0.717) is 12.8 Å². The third-order valence-corrected chi connectivity index (χ3v) is 7.96. The minimum atomic E-state index is -0.488. The van der Waals surface area contributed by atoms with Gasteiger partial charge in [-0.05, 0) is 44.5 Å². The minimum absolute atomic E-state index is 0.00402. The molecule has 9 heteroatoms. The lowest BCUT2D eigenvalue weighted by Crippen LogP contribution is -2.50. The summed E-state index contributed by atoms with van der Waals surface area (Å²) in [5, 5.41) is 16.1. The number of rotatable bonds is 5. The minimum Gasteiger partial charge on any atom is -0.487 e. The van der Waals surface area contributed by atoms with Crippen molar-refractivity contribution in [2.45, 2.75) is 75.2 Å². The van der Waals surface area contributed by atoms with Gasteiger partial charge in [0.05, 0.1) is 19.1 Å². The van der Waals surface area contributed by atoms with Crippen molar-refractivity contribution in [2.75, 3.05) is 45.2 Å². The van der Waals surface area contributed by atoms with Crippen molar-refractivity contribution < 1.29 is 24.2 Å². The lowest BCUT2D eigenvalue weighted by atomic mass is 9.84. The largest absolute Gasteiger partial charge is 0.487 e. The summed E-state index contributed by atoms with van der Waals surface area (Å²) >= 11 is 0. The van der Waals surface area contributed by atoms with Crippen molar-refractivity contribution in [1.29, 1.82) is 0 Å². The molecule has 1 aromatic rings. The van der Waals surface area contributed by atoms with Crippen LogP contribution >= 0.6 is 0 Å². The fourth-order valence-electron chi connectivity index (χ4n) is 5.95. The molecule has 1 saturated carbocycles. The van der Waals surface area contributed by atoms with E-state index in [1.165, 1.54) is 6.42 Å². The van der Waals surface area contributed by atoms with Gasteiger partial charge in [0.1, 0.15) is 18.0 Å². The van der Waals surface area contributed by atoms with E-state index in [0.717, 1.165) is 68.9 Å². The number of carbonyl (C=O) groups excluding carboxylic acids is 2. The van der Waals surface area contributed by atoms with E-state index in [9.17, 15) is 14.7 Å². The van der Waals surface area contributed by atoms with E-state index in [4.69, 9.17) is 9.47 Å². The Morgan fingerprint density at radius 1 is 1.11 bits per heavy atom. The Kier molecular flexibility index (Phi) is 7.45. The van der Waals surface area contributed by atoms with Gasteiger partial charge < -0.3 is 35.0 Å². The smallest absolute Gasteiger partial charge is 0.319 e. The molecule has 2 saturated heterocycles. The first kappa shape index (κ1) is 24.3. The molecular weight excluding hydrogens is 448 g/mol. The van der Waals surface area contributed by atoms with Crippen LogP contribution in [0.25, 0.3) is 0 Å². The number of aliphatic hydroxyl groups excluding tert-OH is 1. The zero-order valence-corrected chi connectivity index (χ0v) is 20.6. The number of benzene rings is 1. The number of nitrogens with zero attached hydrogens (tertiary/aromatic N) is 2. The van der Waals surface area contributed by atoms with Crippen LogP contribution in [0.15, 0.2) is 18.2 Å². The van der Waals surface area contributed by atoms with Gasteiger partial charge in [0.15, 0.2) is 0 Å². The number of hydrogen-bond donors (Lipinski definition) is 3. The van der Waals surface area contributed by atoms with Gasteiger partial charge in [0.25, 0.3) is 0 Å². The van der Waals surface area contributed by atoms with E-state index in [1.54, 1.807) is 0 Å². The molecular formula is C26H38N4O5. The Morgan fingerprint density at radius 2 is 1.89 bits per heavy atom. The second-order valence-electron chi connectivity index (χ2n) is 10.5. The predicted molar refractivity (Wildman–Crippen MR) is 132 cm³/mol. The van der Waals surface area contributed by atoms with Gasteiger partial charge in [-0.1, -0.05) is 19.3 Å². The molecule has 35 heavy (non-hydrogen) atoms. The van der Waals surface area contributed by atoms with Gasteiger partial charge >= 0.3 is 6.03 Å². The van der Waals surface area contributed by atoms with Crippen molar-refractivity contribution >= 4 is 17.6 Å². The average molecular weight is 487 g/mol. The van der Waals surface area contributed by atoms with Crippen LogP contribution in [0, 0.1) is 0 Å². The molecule has 3 N–H and O–H groups in total. The number of amides is 3. The number of ether oxygens (including phenoxy) is 2. The van der Waals surface area contributed by atoms with Crippen LogP contribution in [0.4, 0.5) is 10.5 Å². The number of nitrogens with one attached hydrogen (secondary N) is 2. The standard InChI is InChI=1S/C26H38N4O5/c1-29-9-11-30(12-10-29)24(32)15-19-14-21-20-13-18(28-26(33)27-17-5-3-2-4-6-17)7-8-22(20)35-25(21)23(16-31)34-19/h7-8,13,17,19,21,23,25,31H,2-6,9-12,14-16H2,1H3,(H2,27,28,33)/t19-,21+,23+,25-/m1/s1. The number of anilines is 1. The summed E-state index contributed by atoms with van der Waals surface area (Å²) in [5.74, 6) is 0.864. The third kappa shape index (κ3) is 5.57. The Labute approximate surface area is 207 Å². The summed E-state index contributed by atoms with van der Waals surface area (Å²) in [6.45, 7) is 3.07. The molecule has 3 aliphatic heterocycles. The van der Waals surface area contributed by atoms with Crippen LogP contribution in [0.5, 0.6) is 5.75 Å². The summed E-state index contributed by atoms with van der Waals surface area (Å²) in [6.07, 6.45) is 5.53. The highest BCUT2D eigenvalue weighted by molar-refractivity contribution is 5.89. The fraction of sp³-hybridized carbons (Fsp3) is 0.692. The van der Waals surface area contributed by atoms with Gasteiger partial charge in [0, 0.05) is 49.4 Å². The number of likely N-dealkylation sites (N-methyl/N-ethyl adjacent to an activating group) is 1. The summed E-state index contributed by atoms with van der Waals surface area (Å²) < 4.78 is 12.3. The van der Waals surface area contributed by atoms with Crippen LogP contribution in [-0.4, -0.2) is 91.0 Å². The first-order valence-electron chi connectivity index (χ1n) is 13.1. The maximum atomic E-state index is 12.9. The molecule has 0 bridgehead atoms. The lowest BCUT2D eigenvalue weighted by Gasteiger charge is -2.38. The number of aliphatic hydroxyl groups is 1. The Hall–Kier alpha value is -2.36. The third-order valence-electron chi connectivity index (χ3n) is 7.96. The first-order valence-corrected chi connectivity index (χ1v) is 13.1. The number of carbonyl (C=O) groups is 2. The molecule has 4 atom stereocenters. The SMILES string of the molecule is CN1CCN(C(=O)C[C@H]2C[C@H]3c4cc(NC(=O)NC5CCCCC5)ccc4O[C@H]3[C@H](CO)O2)CC1. The van der Waals surface area contributed by atoms with Crippen molar-refractivity contribution in [1.82, 2.24) is 15.1 Å². The molecule has 1 aromatic carbocycles. The normalized spacial score (nSPS) is 29.1. The monoisotopic (exact) mass is 486 g/mol. The van der Waals surface area contributed by atoms with Crippen molar-refractivity contribution in [3.63, 3.8) is 0 Å². The number of urea groups is 1. The molecule has 0 spiro atoms. The number of piperazine rings is 1. The molecule has 3 fully saturated rings. The van der Waals surface area contributed by atoms with Gasteiger partial charge in [-0.2, -0.15) is 0 Å². The van der Waals surface area contributed by atoms with E-state index < -0.39 is 6.10 Å². The Morgan fingerprint density at radius 3 is 2.63 bits per heavy atom. The molecule has 0 unspecified atom stereocenters. The second kappa shape index (κ2) is 10.7. The maximum absolute atomic E-state index is 12.9. The topological polar surface area (TPSA) is 103 Å². The van der Waals surface area contributed by atoms with Gasteiger partial charge in [-0.25, -0.2) is 4.79 Å². The summed E-state index contributed by atoms with van der Waals surface area (Å²) in [7, 11) is 2.07. The zero-order chi connectivity index (χ0) is 24.4. The Bertz CT molecular complexity index is 913. The molecule has 4 aliphatic rings. The highest BCUT2D eigenvalue weighted by Crippen LogP contribution is 2.47. The second-order valence-corrected chi connectivity index (χ2v) is 10.5. The molecule has 192 valence electrons. The van der Waals surface area contributed by atoms with Crippen LogP contribution < -0.4 is 15.4 Å². The van der Waals surface area contributed by atoms with Gasteiger partial charge in [0.2, 0.25) is 5.91 Å². The van der Waals surface area contributed by atoms with Gasteiger partial charge in [-0.15, -0.1) is 0 Å². The highest BCUT2D eigenvalue weighted by Gasteiger charge is 2.46. The quantitative estimate of drug-likeness (QED) is 0.590. The summed E-state index contributed by atoms with van der Waals surface area (Å²) in [4.78, 5) is 29.6. The maximum Gasteiger partial charge on any atom is 0.319 e. The molecule has 0 radical (unpaired) electrons. The van der Waals surface area contributed by atoms with E-state index in [1.807, 2.05) is 23.1 Å². The van der Waals surface area contributed by atoms with Crippen LogP contribution in [-0.2, 0) is 9.53 Å². The predicted octanol–water partition coefficient (Wildman–Crippen LogP) is 2.30. The fourth-order valence-corrected chi connectivity index (χ4v) is 5.95. The van der Waals surface area contributed by atoms with Crippen LogP contribution in [0.1, 0.15) is 56.4 Å². The van der Waals surface area contributed by atoms with E-state index in [-0.39, 0.29) is 42.7 Å². The number of fused-ring (bicyclic) bond motifs is 3. The van der Waals surface area contributed by atoms with Crippen molar-refractivity contribution in [3.05, 3.63) is 23.8 Å². The first-order chi connectivity index (χ1) is 17.0.